The van der Waals surface area contributed by atoms with Gasteiger partial charge in [-0.25, -0.2) is 8.78 Å². The van der Waals surface area contributed by atoms with Gasteiger partial charge in [0.25, 0.3) is 0 Å². The minimum Gasteiger partial charge on any atom is -0.382 e. The van der Waals surface area contributed by atoms with Gasteiger partial charge in [-0.2, -0.15) is 28.4 Å². The maximum Gasteiger partial charge on any atom is 0.416 e. The van der Waals surface area contributed by atoms with E-state index in [1.54, 1.807) is 6.92 Å². The smallest absolute Gasteiger partial charge is 0.382 e. The molecule has 0 amide bonds. The highest BCUT2D eigenvalue weighted by molar-refractivity contribution is 5.75. The summed E-state index contributed by atoms with van der Waals surface area (Å²) in [4.78, 5) is 11.7. The molecule has 2 unspecified atom stereocenters. The molecule has 3 aromatic rings. The molecule has 0 aliphatic carbocycles. The number of benzene rings is 2. The van der Waals surface area contributed by atoms with Crippen molar-refractivity contribution in [2.24, 2.45) is 4.99 Å². The third-order valence-electron chi connectivity index (χ3n) is 4.70. The molecule has 0 aliphatic rings. The van der Waals surface area contributed by atoms with E-state index in [9.17, 15) is 32.3 Å². The van der Waals surface area contributed by atoms with Crippen molar-refractivity contribution < 1.29 is 27.1 Å². The van der Waals surface area contributed by atoms with Crippen LogP contribution in [0.15, 0.2) is 41.4 Å². The summed E-state index contributed by atoms with van der Waals surface area (Å²) in [6.07, 6.45) is -5.41. The molecule has 1 aromatic heterocycles. The summed E-state index contributed by atoms with van der Waals surface area (Å²) in [5.41, 5.74) is 8.98. The number of aliphatic hydroxyl groups is 1. The molecule has 0 bridgehead atoms. The van der Waals surface area contributed by atoms with Crippen LogP contribution < -0.4 is 22.1 Å². The summed E-state index contributed by atoms with van der Waals surface area (Å²) in [5, 5.41) is 24.9. The number of nitriles is 1. The first kappa shape index (κ1) is 26.1. The molecule has 188 valence electrons. The van der Waals surface area contributed by atoms with Gasteiger partial charge in [0, 0.05) is 11.9 Å². The Morgan fingerprint density at radius 2 is 1.86 bits per heavy atom. The van der Waals surface area contributed by atoms with Crippen molar-refractivity contribution in [2.75, 3.05) is 22.1 Å². The SMILES string of the molecule is CC(/C=N/c1cccc(F)c1C(O)Nc1cc(F)cc(C(F)(F)F)c1)Nc1nc(N)nc(N)c1C#N. The van der Waals surface area contributed by atoms with Crippen LogP contribution in [0.25, 0.3) is 0 Å². The number of hydrogen-bond donors (Lipinski definition) is 5. The number of nitrogen functional groups attached to an aromatic ring is 2. The lowest BCUT2D eigenvalue weighted by molar-refractivity contribution is -0.137. The number of aromatic nitrogens is 2. The lowest BCUT2D eigenvalue weighted by atomic mass is 10.1. The van der Waals surface area contributed by atoms with Crippen LogP contribution in [0.5, 0.6) is 0 Å². The van der Waals surface area contributed by atoms with Gasteiger partial charge in [0.05, 0.1) is 22.9 Å². The largest absolute Gasteiger partial charge is 0.416 e. The third-order valence-corrected chi connectivity index (χ3v) is 4.70. The summed E-state index contributed by atoms with van der Waals surface area (Å²) >= 11 is 0. The minimum atomic E-state index is -4.83. The van der Waals surface area contributed by atoms with Gasteiger partial charge in [0.2, 0.25) is 5.95 Å². The molecule has 0 saturated carbocycles. The predicted octanol–water partition coefficient (Wildman–Crippen LogP) is 4.12. The molecule has 0 radical (unpaired) electrons. The first-order valence-corrected chi connectivity index (χ1v) is 10.1. The topological polar surface area (TPSA) is 158 Å². The maximum atomic E-state index is 14.6. The fraction of sp³-hybridized carbons (Fsp3) is 0.182. The average molecular weight is 506 g/mol. The number of nitrogens with one attached hydrogen (secondary N) is 2. The molecule has 0 aliphatic heterocycles. The summed E-state index contributed by atoms with van der Waals surface area (Å²) in [5.74, 6) is -2.39. The van der Waals surface area contributed by atoms with Crippen LogP contribution in [-0.4, -0.2) is 27.3 Å². The Morgan fingerprint density at radius 1 is 1.14 bits per heavy atom. The quantitative estimate of drug-likeness (QED) is 0.182. The number of halogens is 5. The standard InChI is InChI=1S/C22H19F5N8O/c1-10(32-19-14(8-28)18(29)34-21(30)35-19)9-31-16-4-2-3-15(24)17(16)20(36)33-13-6-11(22(25,26)27)5-12(23)7-13/h2-7,9-10,20,33,36H,1H3,(H5,29,30,32,34,35)/b31-9+. The Kier molecular flexibility index (Phi) is 7.54. The number of nitrogens with two attached hydrogens (primary N) is 2. The number of rotatable bonds is 7. The average Bonchev–Trinajstić information content (AvgIpc) is 2.76. The fourth-order valence-electron chi connectivity index (χ4n) is 3.13. The summed E-state index contributed by atoms with van der Waals surface area (Å²) in [7, 11) is 0. The highest BCUT2D eigenvalue weighted by Gasteiger charge is 2.31. The van der Waals surface area contributed by atoms with Crippen LogP contribution in [0.1, 0.15) is 29.8 Å². The van der Waals surface area contributed by atoms with Gasteiger partial charge < -0.3 is 27.2 Å². The number of hydrogen-bond acceptors (Lipinski definition) is 9. The van der Waals surface area contributed by atoms with Crippen LogP contribution in [0.3, 0.4) is 0 Å². The molecule has 36 heavy (non-hydrogen) atoms. The molecule has 7 N–H and O–H groups in total. The van der Waals surface area contributed by atoms with Crippen molar-refractivity contribution in [1.82, 2.24) is 9.97 Å². The molecular formula is C22H19F5N8O. The van der Waals surface area contributed by atoms with Crippen LogP contribution in [-0.2, 0) is 6.18 Å². The first-order valence-electron chi connectivity index (χ1n) is 10.1. The first-order chi connectivity index (χ1) is 16.9. The highest BCUT2D eigenvalue weighted by atomic mass is 19.4. The number of nitrogens with zero attached hydrogens (tertiary/aromatic N) is 4. The number of alkyl halides is 3. The van der Waals surface area contributed by atoms with Crippen LogP contribution in [0.4, 0.5) is 50.9 Å². The van der Waals surface area contributed by atoms with Gasteiger partial charge in [-0.15, -0.1) is 0 Å². The van der Waals surface area contributed by atoms with Crippen molar-refractivity contribution in [3.05, 3.63) is 64.7 Å². The van der Waals surface area contributed by atoms with E-state index in [-0.39, 0.29) is 28.8 Å². The fourth-order valence-corrected chi connectivity index (χ4v) is 3.13. The van der Waals surface area contributed by atoms with E-state index >= 15 is 0 Å². The van der Waals surface area contributed by atoms with Crippen LogP contribution in [0, 0.1) is 23.0 Å². The zero-order valence-corrected chi connectivity index (χ0v) is 18.5. The van der Waals surface area contributed by atoms with E-state index in [1.807, 2.05) is 6.07 Å². The van der Waals surface area contributed by atoms with E-state index in [2.05, 4.69) is 25.6 Å². The van der Waals surface area contributed by atoms with Crippen LogP contribution in [0.2, 0.25) is 0 Å². The Balaban J connectivity index is 1.85. The second kappa shape index (κ2) is 10.4. The van der Waals surface area contributed by atoms with Gasteiger partial charge in [0.15, 0.2) is 12.0 Å². The molecule has 0 saturated heterocycles. The Bertz CT molecular complexity index is 1340. The zero-order chi connectivity index (χ0) is 26.6. The van der Waals surface area contributed by atoms with Crippen LogP contribution >= 0.6 is 0 Å². The van der Waals surface area contributed by atoms with Crippen molar-refractivity contribution in [1.29, 1.82) is 5.26 Å². The molecule has 0 fully saturated rings. The normalized spacial score (nSPS) is 13.3. The molecule has 3 rings (SSSR count). The second-order valence-electron chi connectivity index (χ2n) is 7.46. The van der Waals surface area contributed by atoms with Gasteiger partial charge in [-0.3, -0.25) is 4.99 Å². The molecule has 14 heteroatoms. The molecular weight excluding hydrogens is 487 g/mol. The highest BCUT2D eigenvalue weighted by Crippen LogP contribution is 2.34. The van der Waals surface area contributed by atoms with E-state index in [0.717, 1.165) is 12.1 Å². The van der Waals surface area contributed by atoms with E-state index in [0.29, 0.717) is 12.1 Å². The summed E-state index contributed by atoms with van der Waals surface area (Å²) in [6, 6.07) is 6.48. The molecule has 2 aromatic carbocycles. The summed E-state index contributed by atoms with van der Waals surface area (Å²) < 4.78 is 67.2. The summed E-state index contributed by atoms with van der Waals surface area (Å²) in [6.45, 7) is 1.61. The minimum absolute atomic E-state index is 0.0363. The molecule has 0 spiro atoms. The van der Waals surface area contributed by atoms with Crippen molar-refractivity contribution in [3.63, 3.8) is 0 Å². The van der Waals surface area contributed by atoms with Gasteiger partial charge in [0.1, 0.15) is 29.1 Å². The van der Waals surface area contributed by atoms with Gasteiger partial charge in [-0.05, 0) is 37.3 Å². The number of aliphatic imine (C=N–C) groups is 1. The number of anilines is 4. The van der Waals surface area contributed by atoms with Gasteiger partial charge in [-0.1, -0.05) is 6.07 Å². The van der Waals surface area contributed by atoms with E-state index < -0.39 is 46.9 Å². The van der Waals surface area contributed by atoms with Crippen molar-refractivity contribution in [2.45, 2.75) is 25.4 Å². The third kappa shape index (κ3) is 6.13. The molecule has 2 atom stereocenters. The van der Waals surface area contributed by atoms with E-state index in [4.69, 9.17) is 11.5 Å². The van der Waals surface area contributed by atoms with Crippen molar-refractivity contribution in [3.8, 4) is 6.07 Å². The Labute approximate surface area is 201 Å². The van der Waals surface area contributed by atoms with Gasteiger partial charge >= 0.3 is 6.18 Å². The predicted molar refractivity (Wildman–Crippen MR) is 123 cm³/mol. The lowest BCUT2D eigenvalue weighted by Crippen LogP contribution is -2.20. The molecule has 1 heterocycles. The second-order valence-corrected chi connectivity index (χ2v) is 7.46. The number of aliphatic hydroxyl groups excluding tert-OH is 1. The maximum absolute atomic E-state index is 14.6. The lowest BCUT2D eigenvalue weighted by Gasteiger charge is -2.18. The Morgan fingerprint density at radius 3 is 2.53 bits per heavy atom. The molecule has 9 nitrogen and oxygen atoms in total. The van der Waals surface area contributed by atoms with E-state index in [1.165, 1.54) is 18.3 Å². The zero-order valence-electron chi connectivity index (χ0n) is 18.5. The van der Waals surface area contributed by atoms with Crippen molar-refractivity contribution >= 4 is 35.2 Å². The Hall–Kier alpha value is -4.51. The monoisotopic (exact) mass is 506 g/mol.